The average Bonchev–Trinajstić information content (AvgIpc) is 2.12. The van der Waals surface area contributed by atoms with Crippen LogP contribution in [0.2, 0.25) is 0 Å². The van der Waals surface area contributed by atoms with Gasteiger partial charge in [0, 0.05) is 19.3 Å². The van der Waals surface area contributed by atoms with Gasteiger partial charge in [-0.3, -0.25) is 4.79 Å². The van der Waals surface area contributed by atoms with Crippen molar-refractivity contribution in [3.8, 4) is 0 Å². The number of hydrogen-bond donors (Lipinski definition) is 0. The van der Waals surface area contributed by atoms with Crippen LogP contribution in [0, 0.1) is 0 Å². The zero-order valence-electron chi connectivity index (χ0n) is 10.1. The molecule has 5 nitrogen and oxygen atoms in total. The molecule has 0 radical (unpaired) electrons. The first kappa shape index (κ1) is 13.4. The van der Waals surface area contributed by atoms with Gasteiger partial charge in [-0.15, -0.1) is 0 Å². The van der Waals surface area contributed by atoms with Crippen LogP contribution in [0.25, 0.3) is 0 Å². The van der Waals surface area contributed by atoms with Crippen LogP contribution in [-0.4, -0.2) is 56.0 Å². The van der Waals surface area contributed by atoms with Gasteiger partial charge in [0.2, 0.25) is 5.91 Å². The molecule has 3 atom stereocenters. The van der Waals surface area contributed by atoms with Gasteiger partial charge < -0.3 is 9.64 Å². The first-order valence-corrected chi connectivity index (χ1v) is 7.30. The quantitative estimate of drug-likeness (QED) is 0.694. The van der Waals surface area contributed by atoms with Gasteiger partial charge in [0.05, 0.1) is 12.2 Å². The number of hydrogen-bond acceptors (Lipinski definition) is 4. The lowest BCUT2D eigenvalue weighted by Crippen LogP contribution is -2.52. The fourth-order valence-electron chi connectivity index (χ4n) is 1.80. The summed E-state index contributed by atoms with van der Waals surface area (Å²) in [5.74, 6) is -0.329. The maximum absolute atomic E-state index is 11.9. The lowest BCUT2D eigenvalue weighted by Gasteiger charge is -2.36. The number of ether oxygens (including phenoxy) is 1. The topological polar surface area (TPSA) is 63.7 Å². The van der Waals surface area contributed by atoms with Crippen LogP contribution in [0.15, 0.2) is 0 Å². The molecule has 16 heavy (non-hydrogen) atoms. The van der Waals surface area contributed by atoms with E-state index in [1.807, 2.05) is 13.8 Å². The first-order valence-electron chi connectivity index (χ1n) is 5.35. The molecule has 0 N–H and O–H groups in total. The minimum Gasteiger partial charge on any atom is -0.372 e. The van der Waals surface area contributed by atoms with Crippen LogP contribution >= 0.6 is 0 Å². The Hall–Kier alpha value is -0.620. The van der Waals surface area contributed by atoms with Gasteiger partial charge in [0.1, 0.15) is 5.25 Å². The summed E-state index contributed by atoms with van der Waals surface area (Å²) in [5, 5.41) is -0.968. The Kier molecular flexibility index (Phi) is 3.96. The monoisotopic (exact) mass is 249 g/mol. The Morgan fingerprint density at radius 1 is 1.31 bits per heavy atom. The molecule has 1 aliphatic rings. The van der Waals surface area contributed by atoms with Crippen molar-refractivity contribution in [3.05, 3.63) is 0 Å². The minimum absolute atomic E-state index is 0.0422. The summed E-state index contributed by atoms with van der Waals surface area (Å²) < 4.78 is 28.1. The molecule has 94 valence electrons. The molecule has 1 rings (SSSR count). The smallest absolute Gasteiger partial charge is 0.240 e. The van der Waals surface area contributed by atoms with Gasteiger partial charge in [-0.25, -0.2) is 8.42 Å². The van der Waals surface area contributed by atoms with Crippen LogP contribution < -0.4 is 0 Å². The number of rotatable bonds is 2. The summed E-state index contributed by atoms with van der Waals surface area (Å²) in [4.78, 5) is 13.5. The second-order valence-corrected chi connectivity index (χ2v) is 6.84. The molecule has 1 heterocycles. The van der Waals surface area contributed by atoms with E-state index in [-0.39, 0.29) is 18.1 Å². The lowest BCUT2D eigenvalue weighted by molar-refractivity contribution is -0.142. The van der Waals surface area contributed by atoms with Crippen molar-refractivity contribution in [2.24, 2.45) is 0 Å². The highest BCUT2D eigenvalue weighted by Crippen LogP contribution is 2.13. The standard InChI is InChI=1S/C10H19NO4S/c1-7-5-11(6-8(2)15-7)10(12)9(3)16(4,13)14/h7-9H,5-6H2,1-4H3/t7-,8+,9-/m1/s1. The fourth-order valence-corrected chi connectivity index (χ4v) is 2.31. The van der Waals surface area contributed by atoms with Crippen molar-refractivity contribution < 1.29 is 17.9 Å². The van der Waals surface area contributed by atoms with Crippen molar-refractivity contribution >= 4 is 15.7 Å². The molecule has 0 aromatic rings. The molecule has 0 spiro atoms. The maximum atomic E-state index is 11.9. The SMILES string of the molecule is C[C@@H]1CN(C(=O)[C@@H](C)S(C)(=O)=O)C[C@H](C)O1. The van der Waals surface area contributed by atoms with Gasteiger partial charge >= 0.3 is 0 Å². The van der Waals surface area contributed by atoms with Gasteiger partial charge in [0.25, 0.3) is 0 Å². The molecule has 6 heteroatoms. The number of carbonyl (C=O) groups excluding carboxylic acids is 1. The Balaban J connectivity index is 2.74. The van der Waals surface area contributed by atoms with E-state index in [0.717, 1.165) is 6.26 Å². The molecule has 1 amide bonds. The number of morpholine rings is 1. The largest absolute Gasteiger partial charge is 0.372 e. The Labute approximate surface area is 96.7 Å². The zero-order chi connectivity index (χ0) is 12.5. The number of sulfone groups is 1. The predicted octanol–water partition coefficient (Wildman–Crippen LogP) is 0.0553. The van der Waals surface area contributed by atoms with Crippen LogP contribution in [-0.2, 0) is 19.4 Å². The van der Waals surface area contributed by atoms with E-state index < -0.39 is 15.1 Å². The molecular weight excluding hydrogens is 230 g/mol. The van der Waals surface area contributed by atoms with Crippen LogP contribution in [0.4, 0.5) is 0 Å². The van der Waals surface area contributed by atoms with E-state index in [1.165, 1.54) is 6.92 Å². The Morgan fingerprint density at radius 2 is 1.75 bits per heavy atom. The van der Waals surface area contributed by atoms with Crippen LogP contribution in [0.1, 0.15) is 20.8 Å². The molecule has 0 aliphatic carbocycles. The van der Waals surface area contributed by atoms with E-state index >= 15 is 0 Å². The molecule has 0 saturated carbocycles. The van der Waals surface area contributed by atoms with E-state index in [4.69, 9.17) is 4.74 Å². The molecule has 1 aliphatic heterocycles. The molecule has 0 aromatic carbocycles. The predicted molar refractivity (Wildman–Crippen MR) is 60.9 cm³/mol. The molecule has 0 unspecified atom stereocenters. The molecular formula is C10H19NO4S. The third-order valence-electron chi connectivity index (χ3n) is 2.72. The highest BCUT2D eigenvalue weighted by molar-refractivity contribution is 7.92. The van der Waals surface area contributed by atoms with Crippen molar-refractivity contribution in [1.29, 1.82) is 0 Å². The van der Waals surface area contributed by atoms with E-state index in [1.54, 1.807) is 4.90 Å². The summed E-state index contributed by atoms with van der Waals surface area (Å²) in [6.45, 7) is 6.11. The van der Waals surface area contributed by atoms with Gasteiger partial charge in [-0.2, -0.15) is 0 Å². The first-order chi connectivity index (χ1) is 7.21. The molecule has 0 bridgehead atoms. The summed E-state index contributed by atoms with van der Waals surface area (Å²) >= 11 is 0. The van der Waals surface area contributed by atoms with Crippen molar-refractivity contribution in [3.63, 3.8) is 0 Å². The number of amides is 1. The Bertz CT molecular complexity index is 355. The molecule has 1 fully saturated rings. The van der Waals surface area contributed by atoms with Gasteiger partial charge in [0.15, 0.2) is 9.84 Å². The number of nitrogens with zero attached hydrogens (tertiary/aromatic N) is 1. The summed E-state index contributed by atoms with van der Waals surface area (Å²) in [6, 6.07) is 0. The minimum atomic E-state index is -3.32. The summed E-state index contributed by atoms with van der Waals surface area (Å²) in [5.41, 5.74) is 0. The summed E-state index contributed by atoms with van der Waals surface area (Å²) in [7, 11) is -3.32. The van der Waals surface area contributed by atoms with Gasteiger partial charge in [-0.1, -0.05) is 0 Å². The summed E-state index contributed by atoms with van der Waals surface area (Å²) in [6.07, 6.45) is 1.00. The second kappa shape index (κ2) is 4.71. The lowest BCUT2D eigenvalue weighted by atomic mass is 10.2. The third-order valence-corrected chi connectivity index (χ3v) is 4.21. The normalized spacial score (nSPS) is 28.9. The third kappa shape index (κ3) is 3.18. The average molecular weight is 249 g/mol. The van der Waals surface area contributed by atoms with Crippen LogP contribution in [0.5, 0.6) is 0 Å². The highest BCUT2D eigenvalue weighted by Gasteiger charge is 2.32. The molecule has 1 saturated heterocycles. The molecule has 0 aromatic heterocycles. The van der Waals surface area contributed by atoms with E-state index in [0.29, 0.717) is 13.1 Å². The maximum Gasteiger partial charge on any atom is 0.240 e. The fraction of sp³-hybridized carbons (Fsp3) is 0.900. The number of carbonyl (C=O) groups is 1. The van der Waals surface area contributed by atoms with Crippen LogP contribution in [0.3, 0.4) is 0 Å². The van der Waals surface area contributed by atoms with Crippen molar-refractivity contribution in [2.45, 2.75) is 38.2 Å². The van der Waals surface area contributed by atoms with Gasteiger partial charge in [-0.05, 0) is 20.8 Å². The van der Waals surface area contributed by atoms with Crippen molar-refractivity contribution in [1.82, 2.24) is 4.90 Å². The Morgan fingerprint density at radius 3 is 2.12 bits per heavy atom. The highest BCUT2D eigenvalue weighted by atomic mass is 32.2. The zero-order valence-corrected chi connectivity index (χ0v) is 11.0. The van der Waals surface area contributed by atoms with E-state index in [9.17, 15) is 13.2 Å². The van der Waals surface area contributed by atoms with Crippen molar-refractivity contribution in [2.75, 3.05) is 19.3 Å². The van der Waals surface area contributed by atoms with E-state index in [2.05, 4.69) is 0 Å². The second-order valence-electron chi connectivity index (χ2n) is 4.47.